The van der Waals surface area contributed by atoms with Crippen LogP contribution >= 0.6 is 0 Å². The minimum atomic E-state index is -1.19. The van der Waals surface area contributed by atoms with Gasteiger partial charge in [0, 0.05) is 17.2 Å². The molecule has 10 nitrogen and oxygen atoms in total. The lowest BCUT2D eigenvalue weighted by Crippen LogP contribution is -2.54. The Labute approximate surface area is 249 Å². The van der Waals surface area contributed by atoms with Gasteiger partial charge in [-0.25, -0.2) is 9.59 Å². The van der Waals surface area contributed by atoms with Crippen LogP contribution in [0.15, 0.2) is 66.7 Å². The molecule has 0 spiro atoms. The number of carbonyl (C=O) groups is 5. The standard InChI is InChI=1S/C33H34N4O6/c1-20-14-15-27-28(16-20)37(19-29(38)25-13-6-3-8-21(25)2)31(40)26(18-36(27)30(39)22-9-4-5-10-22)35-33(43)34-24-12-7-11-23(17-24)32(41)42/h3,6-8,11-17,22,26H,4-5,9-10,18-19H2,1-2H3,(H,41,42)(H2,34,35,43). The molecule has 1 aliphatic carbocycles. The Morgan fingerprint density at radius 1 is 0.907 bits per heavy atom. The predicted octanol–water partition coefficient (Wildman–Crippen LogP) is 4.94. The van der Waals surface area contributed by atoms with E-state index in [9.17, 15) is 29.1 Å². The van der Waals surface area contributed by atoms with Gasteiger partial charge in [-0.15, -0.1) is 0 Å². The van der Waals surface area contributed by atoms with Gasteiger partial charge >= 0.3 is 12.0 Å². The van der Waals surface area contributed by atoms with Crippen molar-refractivity contribution in [3.63, 3.8) is 0 Å². The maximum absolute atomic E-state index is 14.2. The fraction of sp³-hybridized carbons (Fsp3) is 0.303. The molecule has 1 heterocycles. The van der Waals surface area contributed by atoms with Gasteiger partial charge in [0.25, 0.3) is 5.91 Å². The molecular weight excluding hydrogens is 548 g/mol. The van der Waals surface area contributed by atoms with Crippen LogP contribution in [0.25, 0.3) is 0 Å². The number of carbonyl (C=O) groups excluding carboxylic acids is 4. The lowest BCUT2D eigenvalue weighted by atomic mass is 10.0. The molecule has 1 aliphatic heterocycles. The quantitative estimate of drug-likeness (QED) is 0.338. The third-order valence-electron chi connectivity index (χ3n) is 8.03. The molecule has 1 unspecified atom stereocenters. The summed E-state index contributed by atoms with van der Waals surface area (Å²) in [5.74, 6) is -2.28. The molecule has 3 N–H and O–H groups in total. The van der Waals surface area contributed by atoms with Gasteiger partial charge in [0.2, 0.25) is 5.91 Å². The van der Waals surface area contributed by atoms with E-state index in [1.54, 1.807) is 29.2 Å². The Balaban J connectivity index is 1.51. The summed E-state index contributed by atoms with van der Waals surface area (Å²) in [7, 11) is 0. The number of nitrogens with one attached hydrogen (secondary N) is 2. The Hall–Kier alpha value is -4.99. The van der Waals surface area contributed by atoms with E-state index < -0.39 is 23.9 Å². The van der Waals surface area contributed by atoms with E-state index in [1.807, 2.05) is 32.0 Å². The highest BCUT2D eigenvalue weighted by Crippen LogP contribution is 2.37. The van der Waals surface area contributed by atoms with Crippen molar-refractivity contribution < 1.29 is 29.1 Å². The molecule has 1 atom stereocenters. The minimum absolute atomic E-state index is 0.0107. The van der Waals surface area contributed by atoms with Crippen LogP contribution in [-0.2, 0) is 9.59 Å². The molecule has 10 heteroatoms. The number of carboxylic acids is 1. The lowest BCUT2D eigenvalue weighted by Gasteiger charge is -2.27. The molecule has 2 aliphatic rings. The number of aryl methyl sites for hydroxylation is 2. The predicted molar refractivity (Wildman–Crippen MR) is 163 cm³/mol. The fourth-order valence-corrected chi connectivity index (χ4v) is 5.79. The summed E-state index contributed by atoms with van der Waals surface area (Å²) < 4.78 is 0. The number of benzene rings is 3. The third-order valence-corrected chi connectivity index (χ3v) is 8.03. The Morgan fingerprint density at radius 2 is 1.65 bits per heavy atom. The molecule has 0 radical (unpaired) electrons. The first-order chi connectivity index (χ1) is 20.6. The molecule has 1 saturated carbocycles. The van der Waals surface area contributed by atoms with Gasteiger partial charge in [0.05, 0.1) is 30.0 Å². The summed E-state index contributed by atoms with van der Waals surface area (Å²) in [6.45, 7) is 3.29. The first-order valence-corrected chi connectivity index (χ1v) is 14.4. The number of carboxylic acid groups (broad SMARTS) is 1. The molecule has 3 aromatic rings. The summed E-state index contributed by atoms with van der Waals surface area (Å²) in [5.41, 5.74) is 3.24. The highest BCUT2D eigenvalue weighted by Gasteiger charge is 2.40. The van der Waals surface area contributed by atoms with Gasteiger partial charge < -0.3 is 25.5 Å². The number of aromatic carboxylic acids is 1. The van der Waals surface area contributed by atoms with E-state index in [0.29, 0.717) is 16.9 Å². The molecule has 222 valence electrons. The van der Waals surface area contributed by atoms with Gasteiger partial charge in [0.15, 0.2) is 5.78 Å². The molecule has 5 rings (SSSR count). The number of nitrogens with zero attached hydrogens (tertiary/aromatic N) is 2. The van der Waals surface area contributed by atoms with Crippen molar-refractivity contribution in [3.05, 3.63) is 89.0 Å². The van der Waals surface area contributed by atoms with E-state index in [4.69, 9.17) is 0 Å². The first kappa shape index (κ1) is 29.5. The Morgan fingerprint density at radius 3 is 2.37 bits per heavy atom. The average Bonchev–Trinajstić information content (AvgIpc) is 3.50. The third kappa shape index (κ3) is 6.43. The van der Waals surface area contributed by atoms with Crippen LogP contribution in [0.3, 0.4) is 0 Å². The van der Waals surface area contributed by atoms with Crippen LogP contribution < -0.4 is 20.4 Å². The topological polar surface area (TPSA) is 136 Å². The normalized spacial score (nSPS) is 16.8. The van der Waals surface area contributed by atoms with Gasteiger partial charge in [-0.1, -0.05) is 49.2 Å². The summed E-state index contributed by atoms with van der Waals surface area (Å²) in [5, 5.41) is 14.6. The monoisotopic (exact) mass is 582 g/mol. The summed E-state index contributed by atoms with van der Waals surface area (Å²) in [6, 6.07) is 16.3. The number of hydrogen-bond acceptors (Lipinski definition) is 5. The van der Waals surface area contributed by atoms with Crippen molar-refractivity contribution in [1.29, 1.82) is 0 Å². The summed E-state index contributed by atoms with van der Waals surface area (Å²) >= 11 is 0. The van der Waals surface area contributed by atoms with Gasteiger partial charge in [0.1, 0.15) is 6.04 Å². The molecule has 4 amide bonds. The maximum Gasteiger partial charge on any atom is 0.335 e. The van der Waals surface area contributed by atoms with Gasteiger partial charge in [-0.2, -0.15) is 0 Å². The number of anilines is 3. The second-order valence-corrected chi connectivity index (χ2v) is 11.1. The van der Waals surface area contributed by atoms with E-state index in [1.165, 1.54) is 29.2 Å². The van der Waals surface area contributed by atoms with Crippen molar-refractivity contribution in [3.8, 4) is 0 Å². The first-order valence-electron chi connectivity index (χ1n) is 14.4. The molecular formula is C33H34N4O6. The number of rotatable bonds is 7. The number of amides is 4. The molecule has 1 fully saturated rings. The fourth-order valence-electron chi connectivity index (χ4n) is 5.79. The molecule has 43 heavy (non-hydrogen) atoms. The van der Waals surface area contributed by atoms with Gasteiger partial charge in [-0.3, -0.25) is 14.4 Å². The highest BCUT2D eigenvalue weighted by atomic mass is 16.4. The Bertz CT molecular complexity index is 1600. The largest absolute Gasteiger partial charge is 0.478 e. The number of fused-ring (bicyclic) bond motifs is 1. The SMILES string of the molecule is Cc1ccc2c(c1)N(CC(=O)c1ccccc1C)C(=O)C(NC(=O)Nc1cccc(C(=O)O)c1)CN2C(=O)C1CCCC1. The van der Waals surface area contributed by atoms with E-state index >= 15 is 0 Å². The van der Waals surface area contributed by atoms with Crippen molar-refractivity contribution in [2.24, 2.45) is 5.92 Å². The highest BCUT2D eigenvalue weighted by molar-refractivity contribution is 6.13. The van der Waals surface area contributed by atoms with E-state index in [0.717, 1.165) is 36.8 Å². The zero-order valence-corrected chi connectivity index (χ0v) is 24.1. The van der Waals surface area contributed by atoms with E-state index in [-0.39, 0.29) is 41.9 Å². The number of urea groups is 1. The van der Waals surface area contributed by atoms with Crippen LogP contribution in [0.5, 0.6) is 0 Å². The van der Waals surface area contributed by atoms with Crippen molar-refractivity contribution >= 4 is 46.7 Å². The minimum Gasteiger partial charge on any atom is -0.478 e. The number of ketones is 1. The average molecular weight is 583 g/mol. The molecule has 0 aromatic heterocycles. The Kier molecular flexibility index (Phi) is 8.56. The van der Waals surface area contributed by atoms with Crippen LogP contribution in [0.2, 0.25) is 0 Å². The molecule has 0 bridgehead atoms. The zero-order chi connectivity index (χ0) is 30.7. The number of hydrogen-bond donors (Lipinski definition) is 3. The molecule has 0 saturated heterocycles. The van der Waals surface area contributed by atoms with Crippen molar-refractivity contribution in [2.45, 2.75) is 45.6 Å². The van der Waals surface area contributed by atoms with Gasteiger partial charge in [-0.05, 0) is 68.1 Å². The van der Waals surface area contributed by atoms with Crippen LogP contribution in [0.1, 0.15) is 57.5 Å². The second-order valence-electron chi connectivity index (χ2n) is 11.1. The van der Waals surface area contributed by atoms with E-state index in [2.05, 4.69) is 10.6 Å². The maximum atomic E-state index is 14.2. The molecule has 3 aromatic carbocycles. The van der Waals surface area contributed by atoms with Crippen molar-refractivity contribution in [2.75, 3.05) is 28.2 Å². The second kappa shape index (κ2) is 12.5. The van der Waals surface area contributed by atoms with Crippen LogP contribution in [0.4, 0.5) is 21.9 Å². The smallest absolute Gasteiger partial charge is 0.335 e. The van der Waals surface area contributed by atoms with Crippen molar-refractivity contribution in [1.82, 2.24) is 5.32 Å². The lowest BCUT2D eigenvalue weighted by molar-refractivity contribution is -0.122. The van der Waals surface area contributed by atoms with Crippen LogP contribution in [0, 0.1) is 19.8 Å². The van der Waals surface area contributed by atoms with Crippen LogP contribution in [-0.4, -0.2) is 53.8 Å². The number of Topliss-reactive ketones (excluding diaryl/α,β-unsaturated/α-hetero) is 1. The summed E-state index contributed by atoms with van der Waals surface area (Å²) in [6.07, 6.45) is 3.39. The summed E-state index contributed by atoms with van der Waals surface area (Å²) in [4.78, 5) is 69.1. The zero-order valence-electron chi connectivity index (χ0n) is 24.1.